The fourth-order valence-corrected chi connectivity index (χ4v) is 1.08. The highest BCUT2D eigenvalue weighted by Crippen LogP contribution is 2.03. The van der Waals surface area contributed by atoms with Crippen molar-refractivity contribution in [3.8, 4) is 0 Å². The highest BCUT2D eigenvalue weighted by molar-refractivity contribution is 5.31. The molecule has 0 bridgehead atoms. The zero-order valence-corrected chi connectivity index (χ0v) is 8.57. The molecular weight excluding hydrogens is 162 g/mol. The maximum atomic E-state index is 4.15. The second-order valence-corrected chi connectivity index (χ2v) is 2.70. The van der Waals surface area contributed by atoms with E-state index in [0.717, 1.165) is 17.0 Å². The number of rotatable bonds is 0. The summed E-state index contributed by atoms with van der Waals surface area (Å²) in [5.74, 6) is 0.771. The van der Waals surface area contributed by atoms with Crippen LogP contribution in [0.5, 0.6) is 0 Å². The van der Waals surface area contributed by atoms with E-state index < -0.39 is 0 Å². The number of imidazole rings is 1. The molecule has 3 nitrogen and oxygen atoms in total. The first kappa shape index (κ1) is 9.71. The predicted molar refractivity (Wildman–Crippen MR) is 53.8 cm³/mol. The van der Waals surface area contributed by atoms with Crippen LogP contribution < -0.4 is 0 Å². The Morgan fingerprint density at radius 1 is 1.08 bits per heavy atom. The minimum atomic E-state index is 0.771. The lowest BCUT2D eigenvalue weighted by Gasteiger charge is -1.95. The van der Waals surface area contributed by atoms with Crippen LogP contribution in [0.1, 0.15) is 25.1 Å². The van der Waals surface area contributed by atoms with E-state index in [1.807, 2.05) is 50.7 Å². The number of hydrogen-bond donors (Lipinski definition) is 0. The van der Waals surface area contributed by atoms with Gasteiger partial charge in [0.15, 0.2) is 0 Å². The highest BCUT2D eigenvalue weighted by Gasteiger charge is 1.97. The molecule has 2 heterocycles. The first-order valence-electron chi connectivity index (χ1n) is 4.54. The molecule has 0 aliphatic rings. The minimum Gasteiger partial charge on any atom is -0.288 e. The molecule has 0 radical (unpaired) electrons. The molecular formula is C10H15N3. The number of fused-ring (bicyclic) bond motifs is 1. The molecule has 0 saturated heterocycles. The van der Waals surface area contributed by atoms with Crippen LogP contribution >= 0.6 is 0 Å². The van der Waals surface area contributed by atoms with Crippen LogP contribution in [0.4, 0.5) is 0 Å². The van der Waals surface area contributed by atoms with Gasteiger partial charge in [-0.05, 0) is 19.4 Å². The van der Waals surface area contributed by atoms with E-state index in [1.54, 1.807) is 0 Å². The van der Waals surface area contributed by atoms with E-state index in [1.165, 1.54) is 0 Å². The Labute approximate surface area is 78.5 Å². The summed E-state index contributed by atoms with van der Waals surface area (Å²) in [5.41, 5.74) is 2.27. The van der Waals surface area contributed by atoms with Gasteiger partial charge in [0.1, 0.15) is 0 Å². The maximum absolute atomic E-state index is 4.15. The highest BCUT2D eigenvalue weighted by atomic mass is 15.1. The quantitative estimate of drug-likeness (QED) is 0.618. The van der Waals surface area contributed by atoms with Crippen LogP contribution in [-0.4, -0.2) is 14.4 Å². The Morgan fingerprint density at radius 3 is 2.38 bits per heavy atom. The monoisotopic (exact) mass is 177 g/mol. The molecule has 0 N–H and O–H groups in total. The molecule has 2 aromatic rings. The van der Waals surface area contributed by atoms with Gasteiger partial charge in [0.25, 0.3) is 0 Å². The van der Waals surface area contributed by atoms with Crippen molar-refractivity contribution in [3.05, 3.63) is 29.8 Å². The number of aromatic nitrogens is 3. The average molecular weight is 177 g/mol. The van der Waals surface area contributed by atoms with E-state index in [0.29, 0.717) is 0 Å². The first-order chi connectivity index (χ1) is 6.27. The fourth-order valence-electron chi connectivity index (χ4n) is 1.08. The zero-order chi connectivity index (χ0) is 9.84. The van der Waals surface area contributed by atoms with Crippen molar-refractivity contribution in [1.82, 2.24) is 14.4 Å². The third-order valence-corrected chi connectivity index (χ3v) is 1.68. The Morgan fingerprint density at radius 2 is 1.69 bits per heavy atom. The van der Waals surface area contributed by atoms with Crippen molar-refractivity contribution in [2.75, 3.05) is 0 Å². The third kappa shape index (κ3) is 1.86. The van der Waals surface area contributed by atoms with E-state index in [4.69, 9.17) is 0 Å². The van der Waals surface area contributed by atoms with Crippen molar-refractivity contribution < 1.29 is 0 Å². The van der Waals surface area contributed by atoms with Crippen LogP contribution in [0.2, 0.25) is 0 Å². The number of aryl methyl sites for hydroxylation is 2. The van der Waals surface area contributed by atoms with Crippen LogP contribution in [-0.2, 0) is 0 Å². The lowest BCUT2D eigenvalue weighted by molar-refractivity contribution is 1.04. The van der Waals surface area contributed by atoms with Gasteiger partial charge >= 0.3 is 0 Å². The van der Waals surface area contributed by atoms with Gasteiger partial charge in [0, 0.05) is 18.1 Å². The second kappa shape index (κ2) is 4.03. The molecule has 0 amide bonds. The van der Waals surface area contributed by atoms with Crippen LogP contribution in [0.3, 0.4) is 0 Å². The lowest BCUT2D eigenvalue weighted by atomic mass is 10.4. The average Bonchev–Trinajstić information content (AvgIpc) is 2.52. The summed E-state index contributed by atoms with van der Waals surface area (Å²) in [7, 11) is 0. The van der Waals surface area contributed by atoms with Gasteiger partial charge in [-0.25, -0.2) is 9.97 Å². The van der Waals surface area contributed by atoms with Crippen LogP contribution in [0.15, 0.2) is 18.6 Å². The lowest BCUT2D eigenvalue weighted by Crippen LogP contribution is -1.90. The summed E-state index contributed by atoms with van der Waals surface area (Å²) in [6.45, 7) is 8.03. The van der Waals surface area contributed by atoms with Crippen molar-refractivity contribution in [2.24, 2.45) is 0 Å². The summed E-state index contributed by atoms with van der Waals surface area (Å²) in [6.07, 6.45) is 5.67. The number of hydrogen-bond acceptors (Lipinski definition) is 2. The van der Waals surface area contributed by atoms with Gasteiger partial charge in [0.05, 0.1) is 6.20 Å². The molecule has 0 aliphatic carbocycles. The normalized spacial score (nSPS) is 9.54. The molecule has 2 rings (SSSR count). The van der Waals surface area contributed by atoms with E-state index >= 15 is 0 Å². The predicted octanol–water partition coefficient (Wildman–Crippen LogP) is 2.37. The Bertz CT molecular complexity index is 390. The van der Waals surface area contributed by atoms with Crippen molar-refractivity contribution in [1.29, 1.82) is 0 Å². The summed E-state index contributed by atoms with van der Waals surface area (Å²) in [4.78, 5) is 8.26. The topological polar surface area (TPSA) is 30.2 Å². The van der Waals surface area contributed by atoms with Gasteiger partial charge in [-0.3, -0.25) is 4.40 Å². The van der Waals surface area contributed by atoms with Gasteiger partial charge in [-0.15, -0.1) is 0 Å². The maximum Gasteiger partial charge on any atom is 0.233 e. The standard InChI is InChI=1S/C8H9N3.C2H6/c1-6-3-9-8-10-4-7(2)11(8)5-6;1-2/h3-5H,1-2H3;1-2H3. The van der Waals surface area contributed by atoms with Crippen LogP contribution in [0.25, 0.3) is 5.78 Å². The van der Waals surface area contributed by atoms with Crippen molar-refractivity contribution in [2.45, 2.75) is 27.7 Å². The number of nitrogens with zero attached hydrogens (tertiary/aromatic N) is 3. The third-order valence-electron chi connectivity index (χ3n) is 1.68. The molecule has 2 aromatic heterocycles. The van der Waals surface area contributed by atoms with Crippen LogP contribution in [0, 0.1) is 13.8 Å². The Kier molecular flexibility index (Phi) is 3.01. The van der Waals surface area contributed by atoms with E-state index in [2.05, 4.69) is 9.97 Å². The molecule has 0 unspecified atom stereocenters. The summed E-state index contributed by atoms with van der Waals surface area (Å²) in [5, 5.41) is 0. The second-order valence-electron chi connectivity index (χ2n) is 2.70. The fraction of sp³-hybridized carbons (Fsp3) is 0.400. The van der Waals surface area contributed by atoms with Gasteiger partial charge < -0.3 is 0 Å². The molecule has 0 saturated carbocycles. The van der Waals surface area contributed by atoms with Gasteiger partial charge in [-0.1, -0.05) is 13.8 Å². The molecule has 0 fully saturated rings. The Balaban J connectivity index is 0.000000396. The van der Waals surface area contributed by atoms with E-state index in [9.17, 15) is 0 Å². The smallest absolute Gasteiger partial charge is 0.233 e. The SMILES string of the molecule is CC.Cc1cnc2ncc(C)n2c1. The molecule has 0 spiro atoms. The largest absolute Gasteiger partial charge is 0.288 e. The molecule has 0 aromatic carbocycles. The van der Waals surface area contributed by atoms with Gasteiger partial charge in [0.2, 0.25) is 5.78 Å². The minimum absolute atomic E-state index is 0.771. The summed E-state index contributed by atoms with van der Waals surface area (Å²) >= 11 is 0. The summed E-state index contributed by atoms with van der Waals surface area (Å²) in [6, 6.07) is 0. The van der Waals surface area contributed by atoms with Crippen molar-refractivity contribution in [3.63, 3.8) is 0 Å². The first-order valence-corrected chi connectivity index (χ1v) is 4.54. The molecule has 3 heteroatoms. The molecule has 0 atom stereocenters. The zero-order valence-electron chi connectivity index (χ0n) is 8.57. The van der Waals surface area contributed by atoms with Gasteiger partial charge in [-0.2, -0.15) is 0 Å². The summed E-state index contributed by atoms with van der Waals surface area (Å²) < 4.78 is 1.98. The molecule has 70 valence electrons. The molecule has 0 aliphatic heterocycles. The molecule has 13 heavy (non-hydrogen) atoms. The Hall–Kier alpha value is -1.38. The van der Waals surface area contributed by atoms with E-state index in [-0.39, 0.29) is 0 Å². The van der Waals surface area contributed by atoms with Crippen molar-refractivity contribution >= 4 is 5.78 Å².